The molecule has 64 valence electrons. The van der Waals surface area contributed by atoms with Crippen molar-refractivity contribution in [2.45, 2.75) is 20.3 Å². The summed E-state index contributed by atoms with van der Waals surface area (Å²) >= 11 is 3.58. The van der Waals surface area contributed by atoms with Crippen LogP contribution in [-0.4, -0.2) is 18.5 Å². The van der Waals surface area contributed by atoms with Crippen LogP contribution in [0.3, 0.4) is 0 Å². The van der Waals surface area contributed by atoms with Crippen LogP contribution in [0.5, 0.6) is 0 Å². The molecule has 0 aromatic heterocycles. The third-order valence-electron chi connectivity index (χ3n) is 3.94. The molecule has 11 heavy (non-hydrogen) atoms. The first-order chi connectivity index (χ1) is 5.15. The topological polar surface area (TPSA) is 9.23 Å². The van der Waals surface area contributed by atoms with E-state index in [9.17, 15) is 0 Å². The second-order valence-electron chi connectivity index (χ2n) is 4.39. The summed E-state index contributed by atoms with van der Waals surface area (Å²) in [6.45, 7) is 6.71. The zero-order valence-corrected chi connectivity index (χ0v) is 8.78. The maximum Gasteiger partial charge on any atom is 0.0531 e. The Bertz CT molecular complexity index is 170. The van der Waals surface area contributed by atoms with Gasteiger partial charge in [-0.1, -0.05) is 29.8 Å². The van der Waals surface area contributed by atoms with Gasteiger partial charge in [0.25, 0.3) is 0 Å². The highest BCUT2D eigenvalue weighted by Crippen LogP contribution is 2.72. The van der Waals surface area contributed by atoms with E-state index in [4.69, 9.17) is 4.74 Å². The Hall–Kier alpha value is 0.440. The van der Waals surface area contributed by atoms with Crippen molar-refractivity contribution in [2.75, 3.05) is 18.5 Å². The van der Waals surface area contributed by atoms with Gasteiger partial charge in [-0.3, -0.25) is 0 Å². The van der Waals surface area contributed by atoms with Crippen molar-refractivity contribution in [2.24, 2.45) is 16.7 Å². The Morgan fingerprint density at radius 1 is 1.55 bits per heavy atom. The summed E-state index contributed by atoms with van der Waals surface area (Å²) in [5, 5.41) is 1.14. The van der Waals surface area contributed by atoms with Gasteiger partial charge in [0.2, 0.25) is 0 Å². The summed E-state index contributed by atoms with van der Waals surface area (Å²) in [7, 11) is 0. The number of rotatable bonds is 1. The normalized spacial score (nSPS) is 46.6. The number of hydrogen-bond acceptors (Lipinski definition) is 1. The minimum absolute atomic E-state index is 0.521. The molecule has 2 unspecified atom stereocenters. The van der Waals surface area contributed by atoms with E-state index in [1.165, 1.54) is 6.42 Å². The molecular weight excluding hydrogens is 204 g/mol. The lowest BCUT2D eigenvalue weighted by atomic mass is 9.95. The Balaban J connectivity index is 2.17. The molecule has 1 saturated heterocycles. The van der Waals surface area contributed by atoms with Crippen LogP contribution in [0.4, 0.5) is 0 Å². The van der Waals surface area contributed by atoms with Crippen molar-refractivity contribution < 1.29 is 4.74 Å². The van der Waals surface area contributed by atoms with Crippen LogP contribution in [0, 0.1) is 16.7 Å². The van der Waals surface area contributed by atoms with E-state index in [0.717, 1.165) is 24.5 Å². The molecule has 2 atom stereocenters. The zero-order chi connectivity index (χ0) is 8.11. The maximum atomic E-state index is 5.47. The van der Waals surface area contributed by atoms with Gasteiger partial charge in [0.15, 0.2) is 0 Å². The molecule has 0 amide bonds. The molecule has 2 heteroatoms. The van der Waals surface area contributed by atoms with E-state index in [1.54, 1.807) is 0 Å². The average Bonchev–Trinajstić information content (AvgIpc) is 2.36. The molecule has 0 aromatic rings. The fraction of sp³-hybridized carbons (Fsp3) is 1.00. The third kappa shape index (κ3) is 0.803. The molecule has 0 bridgehead atoms. The van der Waals surface area contributed by atoms with Gasteiger partial charge in [-0.25, -0.2) is 0 Å². The van der Waals surface area contributed by atoms with Crippen LogP contribution < -0.4 is 0 Å². The van der Waals surface area contributed by atoms with E-state index in [0.29, 0.717) is 10.8 Å². The third-order valence-corrected chi connectivity index (χ3v) is 4.59. The van der Waals surface area contributed by atoms with Gasteiger partial charge in [0, 0.05) is 17.4 Å². The number of ether oxygens (including phenoxy) is 1. The number of halogens is 1. The molecule has 0 aromatic carbocycles. The van der Waals surface area contributed by atoms with Crippen molar-refractivity contribution in [3.63, 3.8) is 0 Å². The van der Waals surface area contributed by atoms with Gasteiger partial charge in [0.05, 0.1) is 6.61 Å². The van der Waals surface area contributed by atoms with Crippen molar-refractivity contribution in [1.29, 1.82) is 0 Å². The fourth-order valence-corrected chi connectivity index (χ4v) is 4.20. The molecule has 1 aliphatic carbocycles. The first-order valence-electron chi connectivity index (χ1n) is 4.29. The number of hydrogen-bond donors (Lipinski definition) is 0. The van der Waals surface area contributed by atoms with E-state index in [-0.39, 0.29) is 0 Å². The summed E-state index contributed by atoms with van der Waals surface area (Å²) in [6, 6.07) is 0. The molecule has 1 spiro atoms. The van der Waals surface area contributed by atoms with E-state index < -0.39 is 0 Å². The van der Waals surface area contributed by atoms with Crippen molar-refractivity contribution in [3.05, 3.63) is 0 Å². The van der Waals surface area contributed by atoms with Gasteiger partial charge in [-0.05, 0) is 17.8 Å². The van der Waals surface area contributed by atoms with Crippen LogP contribution in [0.25, 0.3) is 0 Å². The second-order valence-corrected chi connectivity index (χ2v) is 5.03. The molecule has 2 aliphatic rings. The average molecular weight is 219 g/mol. The van der Waals surface area contributed by atoms with Crippen molar-refractivity contribution >= 4 is 15.9 Å². The minimum atomic E-state index is 0.521. The predicted octanol–water partition coefficient (Wildman–Crippen LogP) is 2.44. The molecule has 2 rings (SSSR count). The Morgan fingerprint density at radius 3 is 2.64 bits per heavy atom. The van der Waals surface area contributed by atoms with Crippen LogP contribution in [-0.2, 0) is 4.74 Å². The summed E-state index contributed by atoms with van der Waals surface area (Å²) in [6.07, 6.45) is 1.27. The molecule has 0 N–H and O–H groups in total. The van der Waals surface area contributed by atoms with Crippen molar-refractivity contribution in [1.82, 2.24) is 0 Å². The fourth-order valence-electron chi connectivity index (χ4n) is 2.77. The maximum absolute atomic E-state index is 5.47. The Morgan fingerprint density at radius 2 is 2.27 bits per heavy atom. The van der Waals surface area contributed by atoms with E-state index in [1.807, 2.05) is 0 Å². The molecule has 2 fully saturated rings. The van der Waals surface area contributed by atoms with E-state index >= 15 is 0 Å². The lowest BCUT2D eigenvalue weighted by Gasteiger charge is -2.08. The molecule has 0 radical (unpaired) electrons. The number of alkyl halides is 1. The van der Waals surface area contributed by atoms with Crippen LogP contribution in [0.2, 0.25) is 0 Å². The molecule has 1 nitrogen and oxygen atoms in total. The van der Waals surface area contributed by atoms with Gasteiger partial charge >= 0.3 is 0 Å². The molecule has 1 saturated carbocycles. The van der Waals surface area contributed by atoms with Gasteiger partial charge in [-0.15, -0.1) is 0 Å². The molecule has 1 aliphatic heterocycles. The summed E-state index contributed by atoms with van der Waals surface area (Å²) in [5.74, 6) is 0.845. The smallest absolute Gasteiger partial charge is 0.0531 e. The Labute approximate surface area is 76.6 Å². The predicted molar refractivity (Wildman–Crippen MR) is 48.9 cm³/mol. The SMILES string of the molecule is CC1(C)C(CBr)C12CCOC2. The van der Waals surface area contributed by atoms with Gasteiger partial charge < -0.3 is 4.74 Å². The standard InChI is InChI=1S/C9H15BrO/c1-8(2)7(5-10)9(8)3-4-11-6-9/h7H,3-6H2,1-2H3. The highest BCUT2D eigenvalue weighted by atomic mass is 79.9. The van der Waals surface area contributed by atoms with E-state index in [2.05, 4.69) is 29.8 Å². The van der Waals surface area contributed by atoms with Gasteiger partial charge in [-0.2, -0.15) is 0 Å². The highest BCUT2D eigenvalue weighted by molar-refractivity contribution is 9.09. The van der Waals surface area contributed by atoms with Crippen LogP contribution in [0.15, 0.2) is 0 Å². The monoisotopic (exact) mass is 218 g/mol. The Kier molecular flexibility index (Phi) is 1.63. The van der Waals surface area contributed by atoms with Crippen LogP contribution >= 0.6 is 15.9 Å². The molecule has 1 heterocycles. The summed E-state index contributed by atoms with van der Waals surface area (Å²) < 4.78 is 5.47. The largest absolute Gasteiger partial charge is 0.381 e. The van der Waals surface area contributed by atoms with Crippen LogP contribution in [0.1, 0.15) is 20.3 Å². The summed E-state index contributed by atoms with van der Waals surface area (Å²) in [5.41, 5.74) is 1.06. The molecular formula is C9H15BrO. The van der Waals surface area contributed by atoms with Gasteiger partial charge in [0.1, 0.15) is 0 Å². The first-order valence-corrected chi connectivity index (χ1v) is 5.41. The zero-order valence-electron chi connectivity index (χ0n) is 7.19. The quantitative estimate of drug-likeness (QED) is 0.615. The first kappa shape index (κ1) is 8.06. The minimum Gasteiger partial charge on any atom is -0.381 e. The lowest BCUT2D eigenvalue weighted by Crippen LogP contribution is -2.08. The van der Waals surface area contributed by atoms with Crippen molar-refractivity contribution in [3.8, 4) is 0 Å². The lowest BCUT2D eigenvalue weighted by molar-refractivity contribution is 0.172. The second kappa shape index (κ2) is 2.23. The highest BCUT2D eigenvalue weighted by Gasteiger charge is 2.70. The summed E-state index contributed by atoms with van der Waals surface area (Å²) in [4.78, 5) is 0.